The number of ether oxygens (including phenoxy) is 1. The third-order valence-corrected chi connectivity index (χ3v) is 7.82. The Bertz CT molecular complexity index is 1100. The number of hydrogen-bond donors (Lipinski definition) is 3. The zero-order valence-electron chi connectivity index (χ0n) is 16.6. The molecule has 0 amide bonds. The predicted octanol–water partition coefficient (Wildman–Crippen LogP) is 2.40. The van der Waals surface area contributed by atoms with Gasteiger partial charge in [0, 0.05) is 19.0 Å². The number of anilines is 2. The second-order valence-electron chi connectivity index (χ2n) is 8.33. The van der Waals surface area contributed by atoms with Crippen molar-refractivity contribution < 1.29 is 14.9 Å². The van der Waals surface area contributed by atoms with Gasteiger partial charge in [-0.05, 0) is 24.5 Å². The Labute approximate surface area is 187 Å². The molecule has 3 aliphatic rings. The van der Waals surface area contributed by atoms with Crippen LogP contribution in [0.15, 0.2) is 24.3 Å². The van der Waals surface area contributed by atoms with E-state index in [4.69, 9.17) is 26.3 Å². The molecule has 3 aromatic rings. The third kappa shape index (κ3) is 3.35. The summed E-state index contributed by atoms with van der Waals surface area (Å²) in [4.78, 5) is 16.2. The molecular formula is C21H22ClN5O3S. The largest absolute Gasteiger partial charge is 0.392 e. The van der Waals surface area contributed by atoms with Gasteiger partial charge >= 0.3 is 0 Å². The SMILES string of the molecule is OC1C(Nc2nc(N3CCOCC3)nc(Cl)c2-c2nc3ccccc3s2)CC2C(O)C12. The first-order chi connectivity index (χ1) is 15.1. The Morgan fingerprint density at radius 1 is 1.10 bits per heavy atom. The zero-order valence-corrected chi connectivity index (χ0v) is 18.2. The van der Waals surface area contributed by atoms with Gasteiger partial charge in [0.1, 0.15) is 16.0 Å². The van der Waals surface area contributed by atoms with Crippen LogP contribution in [0.4, 0.5) is 11.8 Å². The van der Waals surface area contributed by atoms with Crippen LogP contribution in [-0.2, 0) is 4.74 Å². The van der Waals surface area contributed by atoms with Crippen molar-refractivity contribution in [1.29, 1.82) is 0 Å². The number of aromatic nitrogens is 3. The summed E-state index contributed by atoms with van der Waals surface area (Å²) in [6, 6.07) is 7.73. The number of nitrogens with zero attached hydrogens (tertiary/aromatic N) is 4. The standard InChI is InChI=1S/C21H22ClN5O3S/c22-18-15(20-24-11-3-1-2-4-13(11)31-20)19(23-12-9-10-14(16(10)28)17(12)29)26-21(25-18)27-5-7-30-8-6-27/h1-4,10,12,14,16-17,28-29H,5-9H2,(H,23,25,26). The van der Waals surface area contributed by atoms with Crippen molar-refractivity contribution in [3.05, 3.63) is 29.4 Å². The van der Waals surface area contributed by atoms with Gasteiger partial charge in [0.2, 0.25) is 5.95 Å². The molecule has 8 nitrogen and oxygen atoms in total. The predicted molar refractivity (Wildman–Crippen MR) is 120 cm³/mol. The molecule has 5 atom stereocenters. The normalized spacial score (nSPS) is 29.9. The highest BCUT2D eigenvalue weighted by molar-refractivity contribution is 7.21. The minimum absolute atomic E-state index is 0.0561. The van der Waals surface area contributed by atoms with Crippen LogP contribution in [0.2, 0.25) is 5.15 Å². The zero-order chi connectivity index (χ0) is 21.1. The van der Waals surface area contributed by atoms with Crippen LogP contribution in [0.1, 0.15) is 6.42 Å². The second-order valence-corrected chi connectivity index (χ2v) is 9.72. The number of rotatable bonds is 4. The van der Waals surface area contributed by atoms with Gasteiger partial charge in [0.15, 0.2) is 0 Å². The molecule has 0 bridgehead atoms. The lowest BCUT2D eigenvalue weighted by molar-refractivity contribution is 0.109. The molecule has 3 fully saturated rings. The summed E-state index contributed by atoms with van der Waals surface area (Å²) in [5, 5.41) is 25.0. The van der Waals surface area contributed by atoms with Gasteiger partial charge in [-0.1, -0.05) is 23.7 Å². The highest BCUT2D eigenvalue weighted by Gasteiger charge is 2.61. The molecule has 10 heteroatoms. The minimum Gasteiger partial charge on any atom is -0.392 e. The average Bonchev–Trinajstić information content (AvgIpc) is 3.09. The number of morpholine rings is 1. The van der Waals surface area contributed by atoms with E-state index >= 15 is 0 Å². The van der Waals surface area contributed by atoms with E-state index in [2.05, 4.69) is 15.2 Å². The lowest BCUT2D eigenvalue weighted by atomic mass is 10.1. The molecule has 162 valence electrons. The molecule has 2 aromatic heterocycles. The maximum atomic E-state index is 10.7. The Kier molecular flexibility index (Phi) is 4.77. The van der Waals surface area contributed by atoms with Crippen LogP contribution in [0.5, 0.6) is 0 Å². The average molecular weight is 460 g/mol. The summed E-state index contributed by atoms with van der Waals surface area (Å²) >= 11 is 8.25. The minimum atomic E-state index is -0.621. The summed E-state index contributed by atoms with van der Waals surface area (Å²) in [5.41, 5.74) is 1.54. The summed E-state index contributed by atoms with van der Waals surface area (Å²) < 4.78 is 6.50. The third-order valence-electron chi connectivity index (χ3n) is 6.50. The highest BCUT2D eigenvalue weighted by atomic mass is 35.5. The number of para-hydroxylation sites is 1. The van der Waals surface area contributed by atoms with E-state index in [1.807, 2.05) is 24.3 Å². The molecule has 6 rings (SSSR count). The molecule has 3 N–H and O–H groups in total. The van der Waals surface area contributed by atoms with Gasteiger partial charge in [-0.3, -0.25) is 0 Å². The molecule has 0 spiro atoms. The fourth-order valence-corrected chi connectivity index (χ4v) is 6.08. The maximum Gasteiger partial charge on any atom is 0.228 e. The highest BCUT2D eigenvalue weighted by Crippen LogP contribution is 2.53. The molecule has 1 saturated heterocycles. The number of benzene rings is 1. The van der Waals surface area contributed by atoms with Crippen molar-refractivity contribution in [3.8, 4) is 10.6 Å². The number of nitrogens with one attached hydrogen (secondary N) is 1. The number of aliphatic hydroxyl groups excluding tert-OH is 2. The van der Waals surface area contributed by atoms with Gasteiger partial charge in [-0.15, -0.1) is 11.3 Å². The molecule has 31 heavy (non-hydrogen) atoms. The summed E-state index contributed by atoms with van der Waals surface area (Å²) in [5.74, 6) is 1.20. The fraction of sp³-hybridized carbons (Fsp3) is 0.476. The molecule has 1 aliphatic heterocycles. The first-order valence-corrected chi connectivity index (χ1v) is 11.7. The number of halogens is 1. The molecule has 1 aromatic carbocycles. The van der Waals surface area contributed by atoms with Crippen LogP contribution < -0.4 is 10.2 Å². The van der Waals surface area contributed by atoms with E-state index in [0.29, 0.717) is 55.2 Å². The summed E-state index contributed by atoms with van der Waals surface area (Å²) in [6.07, 6.45) is -0.320. The maximum absolute atomic E-state index is 10.7. The molecule has 3 heterocycles. The number of thiazole rings is 1. The van der Waals surface area contributed by atoms with Crippen molar-refractivity contribution >= 4 is 44.9 Å². The smallest absolute Gasteiger partial charge is 0.228 e. The van der Waals surface area contributed by atoms with Crippen LogP contribution in [0.25, 0.3) is 20.8 Å². The Morgan fingerprint density at radius 2 is 1.90 bits per heavy atom. The number of fused-ring (bicyclic) bond motifs is 2. The fourth-order valence-electron chi connectivity index (χ4n) is 4.75. The van der Waals surface area contributed by atoms with Crippen LogP contribution in [0.3, 0.4) is 0 Å². The first kappa shape index (κ1) is 19.6. The summed E-state index contributed by atoms with van der Waals surface area (Å²) in [7, 11) is 0. The van der Waals surface area contributed by atoms with Gasteiger partial charge < -0.3 is 25.2 Å². The lowest BCUT2D eigenvalue weighted by Gasteiger charge is -2.28. The van der Waals surface area contributed by atoms with Crippen molar-refractivity contribution in [3.63, 3.8) is 0 Å². The van der Waals surface area contributed by atoms with Crippen molar-refractivity contribution in [1.82, 2.24) is 15.0 Å². The summed E-state index contributed by atoms with van der Waals surface area (Å²) in [6.45, 7) is 2.62. The molecule has 2 saturated carbocycles. The molecular weight excluding hydrogens is 438 g/mol. The van der Waals surface area contributed by atoms with Crippen molar-refractivity contribution in [2.75, 3.05) is 36.5 Å². The lowest BCUT2D eigenvalue weighted by Crippen LogP contribution is -2.38. The molecule has 2 aliphatic carbocycles. The van der Waals surface area contributed by atoms with Gasteiger partial charge in [-0.25, -0.2) is 9.97 Å². The van der Waals surface area contributed by atoms with Gasteiger partial charge in [-0.2, -0.15) is 4.98 Å². The number of hydrogen-bond acceptors (Lipinski definition) is 9. The van der Waals surface area contributed by atoms with Crippen molar-refractivity contribution in [2.45, 2.75) is 24.7 Å². The topological polar surface area (TPSA) is 104 Å². The van der Waals surface area contributed by atoms with Gasteiger partial charge in [0.25, 0.3) is 0 Å². The van der Waals surface area contributed by atoms with Gasteiger partial charge in [0.05, 0.1) is 47.2 Å². The van der Waals surface area contributed by atoms with E-state index in [-0.39, 0.29) is 17.9 Å². The van der Waals surface area contributed by atoms with E-state index < -0.39 is 12.2 Å². The monoisotopic (exact) mass is 459 g/mol. The van der Waals surface area contributed by atoms with Crippen molar-refractivity contribution in [2.24, 2.45) is 11.8 Å². The van der Waals surface area contributed by atoms with E-state index in [1.165, 1.54) is 11.3 Å². The van der Waals surface area contributed by atoms with Crippen LogP contribution in [-0.4, -0.2) is 69.7 Å². The first-order valence-electron chi connectivity index (χ1n) is 10.5. The Balaban J connectivity index is 1.41. The Hall–Kier alpha value is -2.04. The van der Waals surface area contributed by atoms with E-state index in [1.54, 1.807) is 0 Å². The van der Waals surface area contributed by atoms with E-state index in [9.17, 15) is 10.2 Å². The molecule has 0 radical (unpaired) electrons. The Morgan fingerprint density at radius 3 is 2.65 bits per heavy atom. The second kappa shape index (κ2) is 7.53. The molecule has 5 unspecified atom stereocenters. The van der Waals surface area contributed by atoms with E-state index in [0.717, 1.165) is 15.2 Å². The van der Waals surface area contributed by atoms with Crippen LogP contribution in [0, 0.1) is 11.8 Å². The van der Waals surface area contributed by atoms with Crippen LogP contribution >= 0.6 is 22.9 Å². The number of aliphatic hydroxyl groups is 2. The quantitative estimate of drug-likeness (QED) is 0.511.